The number of hydrogen-bond acceptors (Lipinski definition) is 3. The van der Waals surface area contributed by atoms with E-state index in [0.717, 1.165) is 17.1 Å². The Bertz CT molecular complexity index is 604. The monoisotopic (exact) mass is 256 g/mol. The summed E-state index contributed by atoms with van der Waals surface area (Å²) in [5.41, 5.74) is 8.31. The highest BCUT2D eigenvalue weighted by Gasteiger charge is 2.05. The van der Waals surface area contributed by atoms with Crippen molar-refractivity contribution < 1.29 is 9.94 Å². The third kappa shape index (κ3) is 3.04. The van der Waals surface area contributed by atoms with Crippen LogP contribution in [0.1, 0.15) is 16.7 Å². The van der Waals surface area contributed by atoms with Crippen molar-refractivity contribution in [3.8, 4) is 11.5 Å². The number of benzene rings is 2. The maximum atomic E-state index is 8.64. The molecule has 0 amide bonds. The third-order valence-electron chi connectivity index (χ3n) is 2.83. The highest BCUT2D eigenvalue weighted by atomic mass is 16.5. The number of rotatable bonds is 3. The first kappa shape index (κ1) is 13.0. The molecule has 0 saturated carbocycles. The topological polar surface area (TPSA) is 67.8 Å². The van der Waals surface area contributed by atoms with E-state index in [1.807, 2.05) is 50.2 Å². The smallest absolute Gasteiger partial charge is 0.170 e. The Labute approximate surface area is 112 Å². The van der Waals surface area contributed by atoms with Crippen LogP contribution < -0.4 is 10.5 Å². The van der Waals surface area contributed by atoms with Crippen LogP contribution in [0.4, 0.5) is 0 Å². The third-order valence-corrected chi connectivity index (χ3v) is 2.83. The van der Waals surface area contributed by atoms with Crippen molar-refractivity contribution in [1.82, 2.24) is 0 Å². The van der Waals surface area contributed by atoms with Gasteiger partial charge in [-0.15, -0.1) is 0 Å². The highest BCUT2D eigenvalue weighted by Crippen LogP contribution is 2.25. The van der Waals surface area contributed by atoms with E-state index in [1.54, 1.807) is 6.07 Å². The number of oxime groups is 1. The van der Waals surface area contributed by atoms with E-state index < -0.39 is 0 Å². The van der Waals surface area contributed by atoms with Gasteiger partial charge in [0.1, 0.15) is 11.5 Å². The zero-order valence-corrected chi connectivity index (χ0v) is 10.9. The minimum absolute atomic E-state index is 0.0879. The number of nitrogens with zero attached hydrogens (tertiary/aromatic N) is 1. The average molecular weight is 256 g/mol. The first-order valence-electron chi connectivity index (χ1n) is 5.93. The lowest BCUT2D eigenvalue weighted by Gasteiger charge is -2.10. The Kier molecular flexibility index (Phi) is 3.71. The first-order valence-corrected chi connectivity index (χ1v) is 5.93. The van der Waals surface area contributed by atoms with Crippen LogP contribution in [0.2, 0.25) is 0 Å². The standard InChI is InChI=1S/C15H16N2O2/c1-10-3-6-13(7-4-10)19-14-8-5-12(9-11(14)2)15(16)17-18/h3-9,18H,1-2H3,(H2,16,17). The molecule has 98 valence electrons. The zero-order valence-electron chi connectivity index (χ0n) is 10.9. The number of aryl methyl sites for hydroxylation is 2. The number of amidine groups is 1. The summed E-state index contributed by atoms with van der Waals surface area (Å²) in [5, 5.41) is 11.6. The number of ether oxygens (including phenoxy) is 1. The summed E-state index contributed by atoms with van der Waals surface area (Å²) in [5.74, 6) is 1.62. The van der Waals surface area contributed by atoms with Crippen LogP contribution in [0.15, 0.2) is 47.6 Å². The fourth-order valence-electron chi connectivity index (χ4n) is 1.71. The average Bonchev–Trinajstić information content (AvgIpc) is 2.42. The van der Waals surface area contributed by atoms with Crippen LogP contribution in [0.25, 0.3) is 0 Å². The molecule has 19 heavy (non-hydrogen) atoms. The van der Waals surface area contributed by atoms with Crippen molar-refractivity contribution in [3.05, 3.63) is 59.2 Å². The van der Waals surface area contributed by atoms with Crippen molar-refractivity contribution in [1.29, 1.82) is 0 Å². The lowest BCUT2D eigenvalue weighted by atomic mass is 10.1. The Morgan fingerprint density at radius 2 is 1.79 bits per heavy atom. The van der Waals surface area contributed by atoms with E-state index in [9.17, 15) is 0 Å². The molecule has 2 rings (SSSR count). The maximum absolute atomic E-state index is 8.64. The van der Waals surface area contributed by atoms with Crippen LogP contribution in [-0.4, -0.2) is 11.0 Å². The lowest BCUT2D eigenvalue weighted by Crippen LogP contribution is -2.13. The SMILES string of the molecule is Cc1ccc(Oc2ccc(/C(N)=N/O)cc2C)cc1. The van der Waals surface area contributed by atoms with Gasteiger partial charge >= 0.3 is 0 Å². The molecule has 0 saturated heterocycles. The molecule has 0 bridgehead atoms. The van der Waals surface area contributed by atoms with Gasteiger partial charge in [0, 0.05) is 5.56 Å². The van der Waals surface area contributed by atoms with Crippen LogP contribution in [0.5, 0.6) is 11.5 Å². The molecule has 0 atom stereocenters. The second kappa shape index (κ2) is 5.44. The predicted molar refractivity (Wildman–Crippen MR) is 74.9 cm³/mol. The Morgan fingerprint density at radius 3 is 2.37 bits per heavy atom. The van der Waals surface area contributed by atoms with E-state index in [0.29, 0.717) is 5.56 Å². The molecule has 2 aromatic carbocycles. The van der Waals surface area contributed by atoms with Gasteiger partial charge in [-0.2, -0.15) is 0 Å². The van der Waals surface area contributed by atoms with Crippen molar-refractivity contribution in [3.63, 3.8) is 0 Å². The molecular formula is C15H16N2O2. The fraction of sp³-hybridized carbons (Fsp3) is 0.133. The van der Waals surface area contributed by atoms with Gasteiger partial charge in [-0.1, -0.05) is 22.9 Å². The first-order chi connectivity index (χ1) is 9.10. The molecule has 0 aromatic heterocycles. The molecule has 0 aliphatic heterocycles. The summed E-state index contributed by atoms with van der Waals surface area (Å²) in [4.78, 5) is 0. The summed E-state index contributed by atoms with van der Waals surface area (Å²) in [6.45, 7) is 3.94. The van der Waals surface area contributed by atoms with Crippen molar-refractivity contribution >= 4 is 5.84 Å². The van der Waals surface area contributed by atoms with Gasteiger partial charge < -0.3 is 15.7 Å². The minimum Gasteiger partial charge on any atom is -0.457 e. The molecule has 4 nitrogen and oxygen atoms in total. The molecule has 0 aliphatic rings. The van der Waals surface area contributed by atoms with Gasteiger partial charge in [-0.05, 0) is 49.7 Å². The van der Waals surface area contributed by atoms with Gasteiger partial charge in [0.15, 0.2) is 5.84 Å². The van der Waals surface area contributed by atoms with Gasteiger partial charge in [-0.25, -0.2) is 0 Å². The lowest BCUT2D eigenvalue weighted by molar-refractivity contribution is 0.318. The molecule has 0 heterocycles. The molecule has 0 unspecified atom stereocenters. The van der Waals surface area contributed by atoms with Crippen LogP contribution in [-0.2, 0) is 0 Å². The van der Waals surface area contributed by atoms with E-state index in [2.05, 4.69) is 5.16 Å². The molecule has 0 fully saturated rings. The fourth-order valence-corrected chi connectivity index (χ4v) is 1.71. The molecule has 3 N–H and O–H groups in total. The van der Waals surface area contributed by atoms with Gasteiger partial charge in [-0.3, -0.25) is 0 Å². The van der Waals surface area contributed by atoms with Gasteiger partial charge in [0.2, 0.25) is 0 Å². The minimum atomic E-state index is 0.0879. The summed E-state index contributed by atoms with van der Waals surface area (Å²) >= 11 is 0. The second-order valence-corrected chi connectivity index (χ2v) is 4.38. The largest absolute Gasteiger partial charge is 0.457 e. The zero-order chi connectivity index (χ0) is 13.8. The molecule has 2 aromatic rings. The van der Waals surface area contributed by atoms with Crippen LogP contribution in [0, 0.1) is 13.8 Å². The summed E-state index contributed by atoms with van der Waals surface area (Å²) in [7, 11) is 0. The highest BCUT2D eigenvalue weighted by molar-refractivity contribution is 5.97. The van der Waals surface area contributed by atoms with E-state index >= 15 is 0 Å². The maximum Gasteiger partial charge on any atom is 0.170 e. The van der Waals surface area contributed by atoms with E-state index in [4.69, 9.17) is 15.7 Å². The Balaban J connectivity index is 2.24. The summed E-state index contributed by atoms with van der Waals surface area (Å²) < 4.78 is 5.79. The Morgan fingerprint density at radius 1 is 1.11 bits per heavy atom. The van der Waals surface area contributed by atoms with Crippen LogP contribution >= 0.6 is 0 Å². The molecule has 0 spiro atoms. The summed E-state index contributed by atoms with van der Waals surface area (Å²) in [6, 6.07) is 13.2. The van der Waals surface area contributed by atoms with Crippen molar-refractivity contribution in [2.24, 2.45) is 10.9 Å². The number of hydrogen-bond donors (Lipinski definition) is 2. The predicted octanol–water partition coefficient (Wildman–Crippen LogP) is 3.19. The molecule has 0 radical (unpaired) electrons. The van der Waals surface area contributed by atoms with Crippen LogP contribution in [0.3, 0.4) is 0 Å². The summed E-state index contributed by atoms with van der Waals surface area (Å²) in [6.07, 6.45) is 0. The van der Waals surface area contributed by atoms with Crippen molar-refractivity contribution in [2.75, 3.05) is 0 Å². The Hall–Kier alpha value is -2.49. The number of nitrogens with two attached hydrogens (primary N) is 1. The van der Waals surface area contributed by atoms with E-state index in [1.165, 1.54) is 5.56 Å². The molecule has 4 heteroatoms. The molecule has 0 aliphatic carbocycles. The normalized spacial score (nSPS) is 11.4. The molecular weight excluding hydrogens is 240 g/mol. The van der Waals surface area contributed by atoms with Gasteiger partial charge in [0.25, 0.3) is 0 Å². The van der Waals surface area contributed by atoms with Crippen molar-refractivity contribution in [2.45, 2.75) is 13.8 Å². The van der Waals surface area contributed by atoms with Gasteiger partial charge in [0.05, 0.1) is 0 Å². The van der Waals surface area contributed by atoms with E-state index in [-0.39, 0.29) is 5.84 Å². The quantitative estimate of drug-likeness (QED) is 0.383. The second-order valence-electron chi connectivity index (χ2n) is 4.38.